The van der Waals surface area contributed by atoms with Gasteiger partial charge in [-0.25, -0.2) is 9.78 Å². The molecule has 2 aromatic rings. The summed E-state index contributed by atoms with van der Waals surface area (Å²) in [5, 5.41) is 12.8. The third kappa shape index (κ3) is 4.27. The molecule has 0 aliphatic carbocycles. The van der Waals surface area contributed by atoms with Gasteiger partial charge in [0, 0.05) is 31.0 Å². The van der Waals surface area contributed by atoms with E-state index in [9.17, 15) is 23.1 Å². The van der Waals surface area contributed by atoms with Gasteiger partial charge in [0.05, 0.1) is 10.6 Å². The molecule has 1 atom stereocenters. The van der Waals surface area contributed by atoms with Crippen molar-refractivity contribution in [2.24, 2.45) is 0 Å². The Hall–Kier alpha value is -2.48. The molecule has 0 radical (unpaired) electrons. The van der Waals surface area contributed by atoms with Crippen LogP contribution in [0.4, 0.5) is 24.7 Å². The number of carboxylic acids is 1. The Morgan fingerprint density at radius 2 is 2.11 bits per heavy atom. The van der Waals surface area contributed by atoms with E-state index in [1.54, 1.807) is 6.92 Å². The van der Waals surface area contributed by atoms with Crippen molar-refractivity contribution in [2.45, 2.75) is 25.6 Å². The van der Waals surface area contributed by atoms with Crippen molar-refractivity contribution < 1.29 is 23.1 Å². The maximum Gasteiger partial charge on any atom is 0.416 e. The second-order valence-corrected chi connectivity index (χ2v) is 6.87. The summed E-state index contributed by atoms with van der Waals surface area (Å²) in [5.74, 6) is -0.782. The highest BCUT2D eigenvalue weighted by Gasteiger charge is 2.31. The molecule has 0 bridgehead atoms. The Balaban J connectivity index is 1.73. The molecule has 27 heavy (non-hydrogen) atoms. The van der Waals surface area contributed by atoms with E-state index in [1.165, 1.54) is 18.3 Å². The number of benzene rings is 1. The van der Waals surface area contributed by atoms with Crippen LogP contribution in [0.1, 0.15) is 27.9 Å². The van der Waals surface area contributed by atoms with E-state index >= 15 is 0 Å². The molecular weight excluding hydrogens is 383 g/mol. The van der Waals surface area contributed by atoms with Crippen LogP contribution >= 0.6 is 11.6 Å². The van der Waals surface area contributed by atoms with E-state index < -0.39 is 17.7 Å². The van der Waals surface area contributed by atoms with Crippen molar-refractivity contribution in [1.82, 2.24) is 4.98 Å². The number of anilines is 2. The highest BCUT2D eigenvalue weighted by atomic mass is 35.5. The zero-order valence-electron chi connectivity index (χ0n) is 14.3. The van der Waals surface area contributed by atoms with Gasteiger partial charge in [-0.2, -0.15) is 13.2 Å². The lowest BCUT2D eigenvalue weighted by Gasteiger charge is -2.21. The Morgan fingerprint density at radius 3 is 2.74 bits per heavy atom. The van der Waals surface area contributed by atoms with Crippen LogP contribution in [-0.4, -0.2) is 35.2 Å². The van der Waals surface area contributed by atoms with E-state index in [2.05, 4.69) is 10.3 Å². The summed E-state index contributed by atoms with van der Waals surface area (Å²) >= 11 is 5.83. The Labute approximate surface area is 158 Å². The Bertz CT molecular complexity index is 873. The zero-order valence-corrected chi connectivity index (χ0v) is 15.1. The van der Waals surface area contributed by atoms with Crippen LogP contribution in [-0.2, 0) is 6.18 Å². The number of nitrogens with zero attached hydrogens (tertiary/aromatic N) is 2. The molecule has 144 valence electrons. The first kappa shape index (κ1) is 19.3. The predicted molar refractivity (Wildman–Crippen MR) is 96.6 cm³/mol. The van der Waals surface area contributed by atoms with Crippen LogP contribution < -0.4 is 10.2 Å². The molecule has 9 heteroatoms. The van der Waals surface area contributed by atoms with E-state index in [4.69, 9.17) is 11.6 Å². The number of halogens is 4. The van der Waals surface area contributed by atoms with Crippen molar-refractivity contribution >= 4 is 29.1 Å². The number of carboxylic acid groups (broad SMARTS) is 1. The number of rotatable bonds is 4. The predicted octanol–water partition coefficient (Wildman–Crippen LogP) is 4.45. The maximum atomic E-state index is 12.8. The fraction of sp³-hybridized carbons (Fsp3) is 0.333. The van der Waals surface area contributed by atoms with Gasteiger partial charge in [-0.3, -0.25) is 0 Å². The molecule has 5 nitrogen and oxygen atoms in total. The van der Waals surface area contributed by atoms with Gasteiger partial charge in [-0.15, -0.1) is 0 Å². The highest BCUT2D eigenvalue weighted by molar-refractivity contribution is 6.30. The minimum atomic E-state index is -4.37. The molecule has 1 fully saturated rings. The molecule has 1 unspecified atom stereocenters. The average Bonchev–Trinajstić information content (AvgIpc) is 3.04. The smallest absolute Gasteiger partial charge is 0.416 e. The first-order valence-electron chi connectivity index (χ1n) is 8.23. The molecule has 1 aromatic heterocycles. The lowest BCUT2D eigenvalue weighted by Crippen LogP contribution is -2.28. The van der Waals surface area contributed by atoms with Gasteiger partial charge in [-0.1, -0.05) is 11.6 Å². The van der Waals surface area contributed by atoms with Crippen molar-refractivity contribution in [1.29, 1.82) is 0 Å². The maximum absolute atomic E-state index is 12.8. The summed E-state index contributed by atoms with van der Waals surface area (Å²) in [5.41, 5.74) is 0.459. The van der Waals surface area contributed by atoms with Gasteiger partial charge in [0.15, 0.2) is 0 Å². The number of pyridine rings is 1. The lowest BCUT2D eigenvalue weighted by molar-refractivity contribution is -0.137. The standard InChI is InChI=1S/C18H17ClF3N3O2/c1-10-6-11(18(20,21)22)2-3-15(10)24-13-4-5-25(9-13)16-14(17(26)27)7-12(19)8-23-16/h2-3,6-8,13,24H,4-5,9H2,1H3,(H,26,27). The van der Waals surface area contributed by atoms with Gasteiger partial charge in [0.25, 0.3) is 0 Å². The summed E-state index contributed by atoms with van der Waals surface area (Å²) < 4.78 is 38.4. The van der Waals surface area contributed by atoms with E-state index in [-0.39, 0.29) is 16.6 Å². The van der Waals surface area contributed by atoms with Crippen molar-refractivity contribution in [3.05, 3.63) is 52.2 Å². The quantitative estimate of drug-likeness (QED) is 0.795. The number of aryl methyl sites for hydroxylation is 1. The number of aromatic carboxylic acids is 1. The zero-order chi connectivity index (χ0) is 19.8. The number of hydrogen-bond acceptors (Lipinski definition) is 4. The van der Waals surface area contributed by atoms with Crippen LogP contribution in [0.25, 0.3) is 0 Å². The lowest BCUT2D eigenvalue weighted by atomic mass is 10.1. The molecule has 0 saturated carbocycles. The summed E-state index contributed by atoms with van der Waals surface area (Å²) in [6.07, 6.45) is -2.28. The largest absolute Gasteiger partial charge is 0.478 e. The number of nitrogens with one attached hydrogen (secondary N) is 1. The highest BCUT2D eigenvalue weighted by Crippen LogP contribution is 2.32. The summed E-state index contributed by atoms with van der Waals surface area (Å²) in [6.45, 7) is 2.68. The summed E-state index contributed by atoms with van der Waals surface area (Å²) in [6, 6.07) is 4.89. The van der Waals surface area contributed by atoms with Crippen LogP contribution in [0.5, 0.6) is 0 Å². The molecule has 0 amide bonds. The van der Waals surface area contributed by atoms with Gasteiger partial charge in [-0.05, 0) is 43.2 Å². The molecule has 1 aromatic carbocycles. The normalized spacial score (nSPS) is 17.2. The molecule has 1 saturated heterocycles. The van der Waals surface area contributed by atoms with E-state index in [0.717, 1.165) is 12.1 Å². The SMILES string of the molecule is Cc1cc(C(F)(F)F)ccc1NC1CCN(c2ncc(Cl)cc2C(=O)O)C1. The summed E-state index contributed by atoms with van der Waals surface area (Å²) in [7, 11) is 0. The Kier molecular flexibility index (Phi) is 5.19. The molecule has 0 spiro atoms. The number of aromatic nitrogens is 1. The van der Waals surface area contributed by atoms with Crippen LogP contribution in [0.3, 0.4) is 0 Å². The van der Waals surface area contributed by atoms with Crippen molar-refractivity contribution in [3.8, 4) is 0 Å². The second kappa shape index (κ2) is 7.26. The van der Waals surface area contributed by atoms with Gasteiger partial charge in [0.1, 0.15) is 11.4 Å². The van der Waals surface area contributed by atoms with E-state index in [1.807, 2.05) is 4.90 Å². The van der Waals surface area contributed by atoms with Crippen molar-refractivity contribution in [2.75, 3.05) is 23.3 Å². The van der Waals surface area contributed by atoms with Crippen LogP contribution in [0.2, 0.25) is 5.02 Å². The molecule has 1 aliphatic rings. The monoisotopic (exact) mass is 399 g/mol. The average molecular weight is 400 g/mol. The third-order valence-corrected chi connectivity index (χ3v) is 4.67. The van der Waals surface area contributed by atoms with E-state index in [0.29, 0.717) is 36.6 Å². The first-order valence-corrected chi connectivity index (χ1v) is 8.61. The Morgan fingerprint density at radius 1 is 1.37 bits per heavy atom. The van der Waals surface area contributed by atoms with Gasteiger partial charge >= 0.3 is 12.1 Å². The van der Waals surface area contributed by atoms with Gasteiger partial charge < -0.3 is 15.3 Å². The number of hydrogen-bond donors (Lipinski definition) is 2. The molecule has 1 aliphatic heterocycles. The minimum absolute atomic E-state index is 0.0221. The van der Waals surface area contributed by atoms with Crippen molar-refractivity contribution in [3.63, 3.8) is 0 Å². The number of alkyl halides is 3. The third-order valence-electron chi connectivity index (χ3n) is 4.46. The van der Waals surface area contributed by atoms with Crippen LogP contribution in [0, 0.1) is 6.92 Å². The second-order valence-electron chi connectivity index (χ2n) is 6.43. The molecule has 2 N–H and O–H groups in total. The molecule has 3 rings (SSSR count). The summed E-state index contributed by atoms with van der Waals surface area (Å²) in [4.78, 5) is 17.4. The molecular formula is C18H17ClF3N3O2. The fourth-order valence-electron chi connectivity index (χ4n) is 3.13. The fourth-order valence-corrected chi connectivity index (χ4v) is 3.29. The van der Waals surface area contributed by atoms with Crippen LogP contribution in [0.15, 0.2) is 30.5 Å². The number of carbonyl (C=O) groups is 1. The molecule has 2 heterocycles. The first-order chi connectivity index (χ1) is 12.6. The van der Waals surface area contributed by atoms with Gasteiger partial charge in [0.2, 0.25) is 0 Å². The topological polar surface area (TPSA) is 65.5 Å². The minimum Gasteiger partial charge on any atom is -0.478 e.